The van der Waals surface area contributed by atoms with E-state index in [1.54, 1.807) is 12.1 Å². The molecule has 1 atom stereocenters. The van der Waals surface area contributed by atoms with Crippen molar-refractivity contribution in [1.82, 2.24) is 9.36 Å². The Labute approximate surface area is 169 Å². The molecule has 0 N–H and O–H groups in total. The van der Waals surface area contributed by atoms with Crippen LogP contribution in [-0.4, -0.2) is 35.0 Å². The van der Waals surface area contributed by atoms with Crippen LogP contribution < -0.4 is 9.80 Å². The minimum absolute atomic E-state index is 0.216. The monoisotopic (exact) mass is 396 g/mol. The zero-order valence-corrected chi connectivity index (χ0v) is 17.3. The molecule has 1 aliphatic heterocycles. The Kier molecular flexibility index (Phi) is 5.31. The van der Waals surface area contributed by atoms with Gasteiger partial charge in [-0.2, -0.15) is 4.37 Å². The quantitative estimate of drug-likeness (QED) is 0.645. The lowest BCUT2D eigenvalue weighted by Gasteiger charge is -2.42. The number of halogens is 1. The molecule has 1 saturated heterocycles. The summed E-state index contributed by atoms with van der Waals surface area (Å²) >= 11 is 1.46. The molecule has 2 heterocycles. The van der Waals surface area contributed by atoms with E-state index >= 15 is 0 Å². The average molecular weight is 397 g/mol. The van der Waals surface area contributed by atoms with E-state index in [1.807, 2.05) is 0 Å². The molecule has 0 amide bonds. The Bertz CT molecular complexity index is 933. The molecule has 1 aliphatic rings. The number of aryl methyl sites for hydroxylation is 2. The Morgan fingerprint density at radius 3 is 2.46 bits per heavy atom. The number of anilines is 2. The first kappa shape index (κ1) is 18.9. The number of piperazine rings is 1. The zero-order chi connectivity index (χ0) is 19.7. The van der Waals surface area contributed by atoms with E-state index in [-0.39, 0.29) is 5.82 Å². The van der Waals surface area contributed by atoms with Gasteiger partial charge in [0.15, 0.2) is 0 Å². The summed E-state index contributed by atoms with van der Waals surface area (Å²) in [6, 6.07) is 13.5. The number of hydrogen-bond donors (Lipinski definition) is 0. The second-order valence-electron chi connectivity index (χ2n) is 7.53. The van der Waals surface area contributed by atoms with Gasteiger partial charge in [-0.15, -0.1) is 0 Å². The van der Waals surface area contributed by atoms with Crippen molar-refractivity contribution < 1.29 is 4.39 Å². The van der Waals surface area contributed by atoms with Gasteiger partial charge in [0.2, 0.25) is 5.13 Å². The fraction of sp³-hybridized carbons (Fsp3) is 0.364. The minimum Gasteiger partial charge on any atom is -0.365 e. The highest BCUT2D eigenvalue weighted by molar-refractivity contribution is 7.09. The van der Waals surface area contributed by atoms with Crippen molar-refractivity contribution >= 4 is 22.4 Å². The van der Waals surface area contributed by atoms with Gasteiger partial charge in [-0.05, 0) is 49.6 Å². The molecule has 1 unspecified atom stereocenters. The molecule has 0 aliphatic carbocycles. The fourth-order valence-electron chi connectivity index (χ4n) is 3.95. The maximum absolute atomic E-state index is 13.1. The van der Waals surface area contributed by atoms with Gasteiger partial charge >= 0.3 is 0 Å². The van der Waals surface area contributed by atoms with Crippen LogP contribution in [0.1, 0.15) is 29.4 Å². The molecule has 0 radical (unpaired) electrons. The summed E-state index contributed by atoms with van der Waals surface area (Å²) in [5.41, 5.74) is 5.05. The molecule has 3 aromatic rings. The lowest BCUT2D eigenvalue weighted by atomic mass is 10.0. The third-order valence-corrected chi connectivity index (χ3v) is 6.17. The zero-order valence-electron chi connectivity index (χ0n) is 16.5. The molecule has 1 fully saturated rings. The molecule has 4 rings (SSSR count). The summed E-state index contributed by atoms with van der Waals surface area (Å²) in [4.78, 5) is 9.59. The van der Waals surface area contributed by atoms with E-state index in [0.29, 0.717) is 12.5 Å². The summed E-state index contributed by atoms with van der Waals surface area (Å²) in [6.45, 7) is 9.49. The number of rotatable bonds is 4. The molecule has 28 heavy (non-hydrogen) atoms. The van der Waals surface area contributed by atoms with Crippen molar-refractivity contribution in [1.29, 1.82) is 0 Å². The highest BCUT2D eigenvalue weighted by Crippen LogP contribution is 2.30. The Hall–Kier alpha value is -2.47. The summed E-state index contributed by atoms with van der Waals surface area (Å²) in [6.07, 6.45) is 0.634. The molecule has 0 saturated carbocycles. The molecule has 146 valence electrons. The van der Waals surface area contributed by atoms with Crippen LogP contribution in [0.4, 0.5) is 15.2 Å². The summed E-state index contributed by atoms with van der Waals surface area (Å²) < 4.78 is 17.6. The Balaban J connectivity index is 1.45. The van der Waals surface area contributed by atoms with Crippen LogP contribution in [0.15, 0.2) is 42.5 Å². The standard InChI is InChI=1S/C22H25FN4S/c1-15-5-4-6-16(2)21(15)27-12-11-26(14-17(27)3)22-24-20(25-28-22)13-18-7-9-19(23)10-8-18/h4-10,17H,11-14H2,1-3H3. The van der Waals surface area contributed by atoms with Crippen molar-refractivity contribution in [2.24, 2.45) is 0 Å². The van der Waals surface area contributed by atoms with Gasteiger partial charge in [0, 0.05) is 49.3 Å². The topological polar surface area (TPSA) is 32.3 Å². The number of benzene rings is 2. The number of para-hydroxylation sites is 1. The van der Waals surface area contributed by atoms with Crippen LogP contribution in [0, 0.1) is 19.7 Å². The smallest absolute Gasteiger partial charge is 0.205 e. The Morgan fingerprint density at radius 1 is 1.07 bits per heavy atom. The van der Waals surface area contributed by atoms with E-state index < -0.39 is 0 Å². The van der Waals surface area contributed by atoms with Crippen molar-refractivity contribution in [2.75, 3.05) is 29.4 Å². The first-order valence-electron chi connectivity index (χ1n) is 9.66. The van der Waals surface area contributed by atoms with Crippen LogP contribution in [0.25, 0.3) is 0 Å². The molecule has 4 nitrogen and oxygen atoms in total. The van der Waals surface area contributed by atoms with Crippen LogP contribution in [0.5, 0.6) is 0 Å². The molecule has 0 bridgehead atoms. The minimum atomic E-state index is -0.216. The summed E-state index contributed by atoms with van der Waals surface area (Å²) in [5, 5.41) is 0.977. The van der Waals surface area contributed by atoms with Crippen LogP contribution >= 0.6 is 11.5 Å². The molecule has 6 heteroatoms. The van der Waals surface area contributed by atoms with Crippen molar-refractivity contribution in [2.45, 2.75) is 33.2 Å². The Morgan fingerprint density at radius 2 is 1.79 bits per heavy atom. The van der Waals surface area contributed by atoms with Crippen LogP contribution in [0.3, 0.4) is 0 Å². The molecule has 2 aromatic carbocycles. The normalized spacial score (nSPS) is 17.2. The molecular formula is C22H25FN4S. The van der Waals surface area contributed by atoms with Gasteiger partial charge < -0.3 is 9.80 Å². The predicted molar refractivity (Wildman–Crippen MR) is 114 cm³/mol. The van der Waals surface area contributed by atoms with Crippen LogP contribution in [-0.2, 0) is 6.42 Å². The van der Waals surface area contributed by atoms with Gasteiger partial charge in [0.25, 0.3) is 0 Å². The number of hydrogen-bond acceptors (Lipinski definition) is 5. The van der Waals surface area contributed by atoms with Crippen molar-refractivity contribution in [3.63, 3.8) is 0 Å². The highest BCUT2D eigenvalue weighted by Gasteiger charge is 2.27. The second kappa shape index (κ2) is 7.87. The number of nitrogens with zero attached hydrogens (tertiary/aromatic N) is 4. The molecule has 0 spiro atoms. The third kappa shape index (κ3) is 3.87. The largest absolute Gasteiger partial charge is 0.365 e. The lowest BCUT2D eigenvalue weighted by Crippen LogP contribution is -2.52. The second-order valence-corrected chi connectivity index (χ2v) is 8.26. The van der Waals surface area contributed by atoms with Crippen molar-refractivity contribution in [3.8, 4) is 0 Å². The van der Waals surface area contributed by atoms with E-state index in [0.717, 1.165) is 36.2 Å². The predicted octanol–water partition coefficient (Wildman–Crippen LogP) is 4.60. The van der Waals surface area contributed by atoms with Gasteiger partial charge in [0.1, 0.15) is 11.6 Å². The lowest BCUT2D eigenvalue weighted by molar-refractivity contribution is 0.548. The van der Waals surface area contributed by atoms with Gasteiger partial charge in [-0.1, -0.05) is 30.3 Å². The first-order chi connectivity index (χ1) is 13.5. The van der Waals surface area contributed by atoms with E-state index in [2.05, 4.69) is 53.1 Å². The highest BCUT2D eigenvalue weighted by atomic mass is 32.1. The first-order valence-corrected chi connectivity index (χ1v) is 10.4. The SMILES string of the molecule is Cc1cccc(C)c1N1CCN(c2nc(Cc3ccc(F)cc3)ns2)CC1C. The number of aromatic nitrogens is 2. The average Bonchev–Trinajstić information content (AvgIpc) is 3.13. The molecular weight excluding hydrogens is 371 g/mol. The van der Waals surface area contributed by atoms with E-state index in [4.69, 9.17) is 4.98 Å². The summed E-state index contributed by atoms with van der Waals surface area (Å²) in [5.74, 6) is 0.586. The maximum Gasteiger partial charge on any atom is 0.205 e. The van der Waals surface area contributed by atoms with E-state index in [1.165, 1.54) is 40.5 Å². The van der Waals surface area contributed by atoms with Gasteiger partial charge in [-0.3, -0.25) is 0 Å². The fourth-order valence-corrected chi connectivity index (χ4v) is 4.67. The van der Waals surface area contributed by atoms with Crippen LogP contribution in [0.2, 0.25) is 0 Å². The maximum atomic E-state index is 13.1. The van der Waals surface area contributed by atoms with Gasteiger partial charge in [0.05, 0.1) is 0 Å². The third-order valence-electron chi connectivity index (χ3n) is 5.36. The van der Waals surface area contributed by atoms with Crippen molar-refractivity contribution in [3.05, 3.63) is 70.8 Å². The van der Waals surface area contributed by atoms with Gasteiger partial charge in [-0.25, -0.2) is 9.37 Å². The summed E-state index contributed by atoms with van der Waals surface area (Å²) in [7, 11) is 0. The van der Waals surface area contributed by atoms with E-state index in [9.17, 15) is 4.39 Å². The molecule has 1 aromatic heterocycles.